The third-order valence-corrected chi connectivity index (χ3v) is 24.0. The van der Waals surface area contributed by atoms with Gasteiger partial charge in [-0.15, -0.1) is 0 Å². The summed E-state index contributed by atoms with van der Waals surface area (Å²) in [6.07, 6.45) is 2.59. The van der Waals surface area contributed by atoms with E-state index in [1.165, 1.54) is 75.3 Å². The molecule has 0 spiro atoms. The topological polar surface area (TPSA) is 9.86 Å². The Kier molecular flexibility index (Phi) is 11.5. The number of rotatable bonds is 12. The second-order valence-electron chi connectivity index (χ2n) is 17.7. The van der Waals surface area contributed by atoms with Gasteiger partial charge in [0.1, 0.15) is 0 Å². The summed E-state index contributed by atoms with van der Waals surface area (Å²) in [4.78, 5) is 0. The van der Waals surface area contributed by atoms with E-state index >= 15 is 0 Å². The van der Waals surface area contributed by atoms with Crippen LogP contribution in [0.2, 0.25) is 0 Å². The molecule has 68 heavy (non-hydrogen) atoms. The zero-order chi connectivity index (χ0) is 45.9. The minimum atomic E-state index is -3.43. The van der Waals surface area contributed by atoms with E-state index in [4.69, 9.17) is 0 Å². The van der Waals surface area contributed by atoms with Gasteiger partial charge in [0.25, 0.3) is 0 Å². The Bertz CT molecular complexity index is 3220. The molecule has 11 rings (SSSR count). The summed E-state index contributed by atoms with van der Waals surface area (Å²) in [6, 6.07) is 102. The lowest BCUT2D eigenvalue weighted by Gasteiger charge is -2.40. The minimum Gasteiger partial charge on any atom is -0.315 e. The normalized spacial score (nSPS) is 11.7. The Labute approximate surface area is 402 Å². The van der Waals surface area contributed by atoms with Crippen LogP contribution in [0.4, 0.5) is 0 Å². The summed E-state index contributed by atoms with van der Waals surface area (Å²) >= 11 is 0. The first-order valence-corrected chi connectivity index (χ1v) is 27.6. The standard InChI is InChI=1S/C64H52N2Si2/c1-49-50(2)62(66(53-34-16-5-17-35-53)61(49)51-30-12-3-13-31-51)63-64(68(57-42-24-9-25-43-57,58-44-26-10-27-45-58)59-46-28-11-29-47-59)60(48-65(63)52-32-14-4-15-33-52)67(54-36-18-6-19-37-54,55-38-20-7-21-39-55)56-40-22-8-23-41-56/h3-48H,1-2H3. The van der Waals surface area contributed by atoms with Crippen molar-refractivity contribution in [3.05, 3.63) is 290 Å². The van der Waals surface area contributed by atoms with E-state index in [2.05, 4.69) is 302 Å². The number of nitrogens with zero attached hydrogens (tertiary/aromatic N) is 2. The van der Waals surface area contributed by atoms with Crippen LogP contribution in [0.1, 0.15) is 11.1 Å². The molecule has 2 aromatic heterocycles. The van der Waals surface area contributed by atoms with Gasteiger partial charge in [0.05, 0.1) is 17.1 Å². The molecule has 0 unspecified atom stereocenters. The number of para-hydroxylation sites is 2. The molecule has 2 nitrogen and oxygen atoms in total. The molecule has 0 radical (unpaired) electrons. The molecular weight excluding hydrogens is 853 g/mol. The van der Waals surface area contributed by atoms with E-state index in [1.807, 2.05) is 0 Å². The highest BCUT2D eigenvalue weighted by Gasteiger charge is 2.53. The SMILES string of the molecule is Cc1c(C)c(-c2c([Si](c3ccccc3)(c3ccccc3)c3ccccc3)c([Si](c3ccccc3)(c3ccccc3)c3ccccc3)cn2-c2ccccc2)n(-c2ccccc2)c1-c1ccccc1. The molecule has 0 aliphatic heterocycles. The highest BCUT2D eigenvalue weighted by Crippen LogP contribution is 2.40. The molecule has 0 bridgehead atoms. The zero-order valence-corrected chi connectivity index (χ0v) is 40.5. The second kappa shape index (κ2) is 18.3. The first-order valence-electron chi connectivity index (χ1n) is 23.6. The van der Waals surface area contributed by atoms with Crippen LogP contribution in [-0.2, 0) is 0 Å². The van der Waals surface area contributed by atoms with Crippen molar-refractivity contribution < 1.29 is 0 Å². The van der Waals surface area contributed by atoms with Gasteiger partial charge in [-0.05, 0) is 96.3 Å². The Morgan fingerprint density at radius 3 is 0.941 bits per heavy atom. The van der Waals surface area contributed by atoms with Crippen LogP contribution in [0, 0.1) is 13.8 Å². The highest BCUT2D eigenvalue weighted by molar-refractivity contribution is 7.27. The fraction of sp³-hybridized carbons (Fsp3) is 0.0312. The fourth-order valence-electron chi connectivity index (χ4n) is 11.1. The van der Waals surface area contributed by atoms with Gasteiger partial charge in [0, 0.05) is 17.6 Å². The molecule has 0 atom stereocenters. The van der Waals surface area contributed by atoms with E-state index < -0.39 is 16.1 Å². The Balaban J connectivity index is 1.48. The average molecular weight is 905 g/mol. The van der Waals surface area contributed by atoms with Crippen LogP contribution in [0.3, 0.4) is 0 Å². The van der Waals surface area contributed by atoms with E-state index in [1.54, 1.807) is 0 Å². The highest BCUT2D eigenvalue weighted by atomic mass is 28.3. The maximum atomic E-state index is 2.59. The summed E-state index contributed by atoms with van der Waals surface area (Å²) in [5.74, 6) is 0. The Morgan fingerprint density at radius 2 is 0.574 bits per heavy atom. The third-order valence-electron chi connectivity index (χ3n) is 14.1. The quantitative estimate of drug-likeness (QED) is 0.0854. The number of hydrogen-bond acceptors (Lipinski definition) is 0. The van der Waals surface area contributed by atoms with Crippen LogP contribution < -0.4 is 41.5 Å². The van der Waals surface area contributed by atoms with Crippen molar-refractivity contribution in [3.8, 4) is 34.0 Å². The van der Waals surface area contributed by atoms with Crippen LogP contribution in [0.15, 0.2) is 279 Å². The monoisotopic (exact) mass is 904 g/mol. The molecule has 2 heterocycles. The third kappa shape index (κ3) is 7.00. The molecule has 11 aromatic rings. The molecule has 0 fully saturated rings. The van der Waals surface area contributed by atoms with Gasteiger partial charge in [-0.1, -0.05) is 249 Å². The summed E-state index contributed by atoms with van der Waals surface area (Å²) in [5, 5.41) is 10.8. The van der Waals surface area contributed by atoms with Crippen LogP contribution in [0.25, 0.3) is 34.0 Å². The van der Waals surface area contributed by atoms with Crippen molar-refractivity contribution in [2.75, 3.05) is 0 Å². The molecule has 9 aromatic carbocycles. The van der Waals surface area contributed by atoms with Crippen LogP contribution >= 0.6 is 0 Å². The van der Waals surface area contributed by atoms with Gasteiger partial charge in [-0.3, -0.25) is 0 Å². The Morgan fingerprint density at radius 1 is 0.279 bits per heavy atom. The van der Waals surface area contributed by atoms with Gasteiger partial charge in [-0.2, -0.15) is 0 Å². The van der Waals surface area contributed by atoms with Gasteiger partial charge in [-0.25, -0.2) is 0 Å². The molecule has 0 amide bonds. The largest absolute Gasteiger partial charge is 0.315 e. The van der Waals surface area contributed by atoms with E-state index in [-0.39, 0.29) is 0 Å². The van der Waals surface area contributed by atoms with E-state index in [0.717, 1.165) is 11.4 Å². The zero-order valence-electron chi connectivity index (χ0n) is 38.5. The predicted octanol–water partition coefficient (Wildman–Crippen LogP) is 9.97. The number of aromatic nitrogens is 2. The summed E-state index contributed by atoms with van der Waals surface area (Å²) in [5.41, 5.74) is 9.52. The fourth-order valence-corrected chi connectivity index (χ4v) is 22.0. The van der Waals surface area contributed by atoms with E-state index in [0.29, 0.717) is 0 Å². The van der Waals surface area contributed by atoms with Crippen molar-refractivity contribution in [3.63, 3.8) is 0 Å². The summed E-state index contributed by atoms with van der Waals surface area (Å²) in [7, 11) is -6.74. The maximum Gasteiger partial charge on any atom is 0.181 e. The predicted molar refractivity (Wildman–Crippen MR) is 293 cm³/mol. The molecule has 0 saturated heterocycles. The van der Waals surface area contributed by atoms with Gasteiger partial charge >= 0.3 is 0 Å². The first-order chi connectivity index (χ1) is 33.6. The number of hydrogen-bond donors (Lipinski definition) is 0. The van der Waals surface area contributed by atoms with Gasteiger partial charge in [0.15, 0.2) is 16.1 Å². The van der Waals surface area contributed by atoms with E-state index in [9.17, 15) is 0 Å². The molecule has 4 heteroatoms. The second-order valence-corrected chi connectivity index (χ2v) is 25.2. The first kappa shape index (κ1) is 42.6. The lowest BCUT2D eigenvalue weighted by Crippen LogP contribution is -2.84. The van der Waals surface area contributed by atoms with Crippen molar-refractivity contribution in [1.82, 2.24) is 9.13 Å². The number of benzene rings is 9. The van der Waals surface area contributed by atoms with Crippen LogP contribution in [-0.4, -0.2) is 25.3 Å². The van der Waals surface area contributed by atoms with Crippen LogP contribution in [0.5, 0.6) is 0 Å². The van der Waals surface area contributed by atoms with Gasteiger partial charge < -0.3 is 9.13 Å². The lowest BCUT2D eigenvalue weighted by molar-refractivity contribution is 1.03. The summed E-state index contributed by atoms with van der Waals surface area (Å²) in [6.45, 7) is 4.68. The average Bonchev–Trinajstić information content (AvgIpc) is 3.93. The smallest absolute Gasteiger partial charge is 0.181 e. The summed E-state index contributed by atoms with van der Waals surface area (Å²) < 4.78 is 5.17. The molecular formula is C64H52N2Si2. The molecule has 0 aliphatic carbocycles. The lowest BCUT2D eigenvalue weighted by atomic mass is 10.1. The molecule has 326 valence electrons. The molecule has 0 saturated carbocycles. The van der Waals surface area contributed by atoms with Crippen molar-refractivity contribution >= 4 is 57.6 Å². The maximum absolute atomic E-state index is 3.43. The van der Waals surface area contributed by atoms with Crippen molar-refractivity contribution in [2.24, 2.45) is 0 Å². The van der Waals surface area contributed by atoms with Crippen molar-refractivity contribution in [2.45, 2.75) is 13.8 Å². The van der Waals surface area contributed by atoms with Crippen molar-refractivity contribution in [1.29, 1.82) is 0 Å². The van der Waals surface area contributed by atoms with Gasteiger partial charge in [0.2, 0.25) is 0 Å². The minimum absolute atomic E-state index is 1.11. The molecule has 0 aliphatic rings. The Hall–Kier alpha value is -8.03. The molecule has 0 N–H and O–H groups in total.